The number of aromatic nitrogens is 2. The van der Waals surface area contributed by atoms with Gasteiger partial charge < -0.3 is 20.6 Å². The van der Waals surface area contributed by atoms with Gasteiger partial charge in [0, 0.05) is 36.6 Å². The van der Waals surface area contributed by atoms with Crippen LogP contribution in [0.25, 0.3) is 16.9 Å². The largest absolute Gasteiger partial charge is 0.405 e. The SMILES string of the molecule is CN(CCO)C(=O)c1ccn2c(-c3cccc(NC(=O)NCC(F)(F)F)c3)cnc2c1. The van der Waals surface area contributed by atoms with E-state index in [-0.39, 0.29) is 19.1 Å². The minimum absolute atomic E-state index is 0.142. The third-order valence-corrected chi connectivity index (χ3v) is 4.41. The Labute approximate surface area is 175 Å². The number of anilines is 1. The Morgan fingerprint density at radius 3 is 2.71 bits per heavy atom. The number of alkyl halides is 3. The fourth-order valence-electron chi connectivity index (χ4n) is 2.91. The molecule has 0 atom stereocenters. The number of nitrogens with one attached hydrogen (secondary N) is 2. The molecule has 0 unspecified atom stereocenters. The lowest BCUT2D eigenvalue weighted by molar-refractivity contribution is -0.122. The summed E-state index contributed by atoms with van der Waals surface area (Å²) in [4.78, 5) is 29.8. The number of carbonyl (C=O) groups excluding carboxylic acids is 2. The van der Waals surface area contributed by atoms with E-state index < -0.39 is 18.8 Å². The van der Waals surface area contributed by atoms with Crippen LogP contribution in [0.4, 0.5) is 23.7 Å². The molecule has 0 aliphatic carbocycles. The summed E-state index contributed by atoms with van der Waals surface area (Å²) in [5, 5.41) is 13.1. The van der Waals surface area contributed by atoms with Crippen molar-refractivity contribution in [2.75, 3.05) is 32.1 Å². The van der Waals surface area contributed by atoms with Gasteiger partial charge >= 0.3 is 12.2 Å². The van der Waals surface area contributed by atoms with Gasteiger partial charge in [-0.1, -0.05) is 12.1 Å². The molecule has 0 saturated heterocycles. The number of carbonyl (C=O) groups is 2. The second-order valence-corrected chi connectivity index (χ2v) is 6.74. The van der Waals surface area contributed by atoms with Crippen molar-refractivity contribution in [1.29, 1.82) is 0 Å². The summed E-state index contributed by atoms with van der Waals surface area (Å²) in [6.45, 7) is -1.36. The summed E-state index contributed by atoms with van der Waals surface area (Å²) in [7, 11) is 1.59. The van der Waals surface area contributed by atoms with Crippen molar-refractivity contribution in [3.63, 3.8) is 0 Å². The molecule has 2 aromatic heterocycles. The minimum atomic E-state index is -4.50. The number of hydrogen-bond acceptors (Lipinski definition) is 4. The first kappa shape index (κ1) is 22.1. The van der Waals surface area contributed by atoms with E-state index in [2.05, 4.69) is 10.3 Å². The highest BCUT2D eigenvalue weighted by atomic mass is 19.4. The van der Waals surface area contributed by atoms with Crippen molar-refractivity contribution < 1.29 is 27.9 Å². The van der Waals surface area contributed by atoms with E-state index >= 15 is 0 Å². The molecule has 8 nitrogen and oxygen atoms in total. The minimum Gasteiger partial charge on any atom is -0.395 e. The molecule has 0 radical (unpaired) electrons. The molecule has 0 bridgehead atoms. The molecular weight excluding hydrogens is 415 g/mol. The summed E-state index contributed by atoms with van der Waals surface area (Å²) < 4.78 is 38.4. The molecule has 3 aromatic rings. The summed E-state index contributed by atoms with van der Waals surface area (Å²) in [6.07, 6.45) is -1.24. The summed E-state index contributed by atoms with van der Waals surface area (Å²) in [5.74, 6) is -0.253. The van der Waals surface area contributed by atoms with Gasteiger partial charge in [-0.3, -0.25) is 9.20 Å². The van der Waals surface area contributed by atoms with E-state index in [9.17, 15) is 22.8 Å². The number of halogens is 3. The lowest BCUT2D eigenvalue weighted by atomic mass is 10.1. The first-order valence-corrected chi connectivity index (χ1v) is 9.23. The van der Waals surface area contributed by atoms with E-state index in [0.29, 0.717) is 28.2 Å². The molecular formula is C20H20F3N5O3. The Bertz CT molecular complexity index is 1100. The fourth-order valence-corrected chi connectivity index (χ4v) is 2.91. The van der Waals surface area contributed by atoms with Gasteiger partial charge in [0.2, 0.25) is 0 Å². The maximum atomic E-state index is 12.4. The summed E-state index contributed by atoms with van der Waals surface area (Å²) in [5.41, 5.74) is 2.57. The summed E-state index contributed by atoms with van der Waals surface area (Å²) in [6, 6.07) is 8.83. The van der Waals surface area contributed by atoms with Crippen LogP contribution in [-0.2, 0) is 0 Å². The second-order valence-electron chi connectivity index (χ2n) is 6.74. The molecule has 0 fully saturated rings. The number of imidazole rings is 1. The van der Waals surface area contributed by atoms with Crippen LogP contribution < -0.4 is 10.6 Å². The van der Waals surface area contributed by atoms with Crippen LogP contribution in [0.15, 0.2) is 48.8 Å². The van der Waals surface area contributed by atoms with Gasteiger partial charge in [-0.2, -0.15) is 13.2 Å². The van der Waals surface area contributed by atoms with E-state index in [4.69, 9.17) is 5.11 Å². The van der Waals surface area contributed by atoms with Crippen LogP contribution in [-0.4, -0.2) is 64.2 Å². The number of amides is 3. The smallest absolute Gasteiger partial charge is 0.395 e. The first-order chi connectivity index (χ1) is 14.7. The number of likely N-dealkylation sites (N-methyl/N-ethyl adjacent to an activating group) is 1. The Balaban J connectivity index is 1.80. The van der Waals surface area contributed by atoms with Gasteiger partial charge in [-0.25, -0.2) is 9.78 Å². The lowest BCUT2D eigenvalue weighted by Gasteiger charge is -2.15. The second kappa shape index (κ2) is 9.04. The average Bonchev–Trinajstić information content (AvgIpc) is 3.15. The maximum Gasteiger partial charge on any atom is 0.405 e. The molecule has 2 heterocycles. The topological polar surface area (TPSA) is 99.0 Å². The number of pyridine rings is 1. The molecule has 11 heteroatoms. The Morgan fingerprint density at radius 1 is 1.23 bits per heavy atom. The molecule has 3 amide bonds. The number of hydrogen-bond donors (Lipinski definition) is 3. The molecule has 3 N–H and O–H groups in total. The zero-order chi connectivity index (χ0) is 22.6. The molecule has 0 saturated carbocycles. The van der Waals surface area contributed by atoms with Crippen molar-refractivity contribution >= 4 is 23.3 Å². The van der Waals surface area contributed by atoms with E-state index in [1.54, 1.807) is 65.6 Å². The fraction of sp³-hybridized carbons (Fsp3) is 0.250. The third kappa shape index (κ3) is 5.51. The number of fused-ring (bicyclic) bond motifs is 1. The highest BCUT2D eigenvalue weighted by Crippen LogP contribution is 2.24. The maximum absolute atomic E-state index is 12.4. The van der Waals surface area contributed by atoms with Gasteiger partial charge in [0.1, 0.15) is 12.2 Å². The van der Waals surface area contributed by atoms with Gasteiger partial charge in [-0.05, 0) is 24.3 Å². The molecule has 164 valence electrons. The van der Waals surface area contributed by atoms with Crippen LogP contribution in [0.3, 0.4) is 0 Å². The standard InChI is InChI=1S/C20H20F3N5O3/c1-27(7-8-29)18(30)14-5-6-28-16(11-24-17(28)10-14)13-3-2-4-15(9-13)26-19(31)25-12-20(21,22)23/h2-6,9-11,29H,7-8,12H2,1H3,(H2,25,26,31). The number of aliphatic hydroxyl groups is 1. The van der Waals surface area contributed by atoms with Crippen molar-refractivity contribution in [2.45, 2.75) is 6.18 Å². The normalized spacial score (nSPS) is 11.4. The number of aliphatic hydroxyl groups excluding tert-OH is 1. The van der Waals surface area contributed by atoms with Crippen LogP contribution in [0, 0.1) is 0 Å². The number of urea groups is 1. The monoisotopic (exact) mass is 435 g/mol. The van der Waals surface area contributed by atoms with Crippen molar-refractivity contribution in [2.24, 2.45) is 0 Å². The number of nitrogens with zero attached hydrogens (tertiary/aromatic N) is 3. The lowest BCUT2D eigenvalue weighted by Crippen LogP contribution is -2.36. The summed E-state index contributed by atoms with van der Waals surface area (Å²) >= 11 is 0. The molecule has 31 heavy (non-hydrogen) atoms. The van der Waals surface area contributed by atoms with Gasteiger partial charge in [-0.15, -0.1) is 0 Å². The molecule has 3 rings (SSSR count). The van der Waals surface area contributed by atoms with Crippen LogP contribution >= 0.6 is 0 Å². The number of benzene rings is 1. The molecule has 0 spiro atoms. The first-order valence-electron chi connectivity index (χ1n) is 9.23. The van der Waals surface area contributed by atoms with Gasteiger partial charge in [0.15, 0.2) is 0 Å². The Kier molecular flexibility index (Phi) is 6.44. The predicted molar refractivity (Wildman–Crippen MR) is 108 cm³/mol. The Morgan fingerprint density at radius 2 is 2.00 bits per heavy atom. The molecule has 0 aliphatic rings. The van der Waals surface area contributed by atoms with Crippen molar-refractivity contribution in [3.05, 3.63) is 54.4 Å². The van der Waals surface area contributed by atoms with Gasteiger partial charge in [0.05, 0.1) is 18.5 Å². The highest BCUT2D eigenvalue weighted by molar-refractivity contribution is 5.95. The average molecular weight is 435 g/mol. The zero-order valence-corrected chi connectivity index (χ0v) is 16.5. The molecule has 1 aromatic carbocycles. The third-order valence-electron chi connectivity index (χ3n) is 4.41. The highest BCUT2D eigenvalue weighted by Gasteiger charge is 2.27. The van der Waals surface area contributed by atoms with Crippen LogP contribution in [0.2, 0.25) is 0 Å². The zero-order valence-electron chi connectivity index (χ0n) is 16.5. The number of rotatable bonds is 6. The van der Waals surface area contributed by atoms with Crippen LogP contribution in [0.5, 0.6) is 0 Å². The Hall–Kier alpha value is -3.60. The van der Waals surface area contributed by atoms with Crippen molar-refractivity contribution in [1.82, 2.24) is 19.6 Å². The molecule has 0 aliphatic heterocycles. The van der Waals surface area contributed by atoms with Gasteiger partial charge in [0.25, 0.3) is 5.91 Å². The quantitative estimate of drug-likeness (QED) is 0.555. The van der Waals surface area contributed by atoms with E-state index in [0.717, 1.165) is 0 Å². The predicted octanol–water partition coefficient (Wildman–Crippen LogP) is 2.75. The van der Waals surface area contributed by atoms with Crippen molar-refractivity contribution in [3.8, 4) is 11.3 Å². The van der Waals surface area contributed by atoms with Crippen LogP contribution in [0.1, 0.15) is 10.4 Å². The van der Waals surface area contributed by atoms with E-state index in [1.165, 1.54) is 4.90 Å². The van der Waals surface area contributed by atoms with E-state index in [1.807, 2.05) is 0 Å².